The lowest BCUT2D eigenvalue weighted by Crippen LogP contribution is -2.18. The van der Waals surface area contributed by atoms with Gasteiger partial charge in [0.15, 0.2) is 0 Å². The first kappa shape index (κ1) is 5.83. The number of aliphatic hydroxyl groups excluding tert-OH is 1. The van der Waals surface area contributed by atoms with E-state index >= 15 is 0 Å². The Morgan fingerprint density at radius 2 is 2.00 bits per heavy atom. The van der Waals surface area contributed by atoms with Crippen LogP contribution in [-0.2, 0) is 0 Å². The van der Waals surface area contributed by atoms with Gasteiger partial charge < -0.3 is 5.11 Å². The van der Waals surface area contributed by atoms with Crippen LogP contribution in [0, 0.1) is 5.92 Å². The molecule has 0 saturated carbocycles. The van der Waals surface area contributed by atoms with Gasteiger partial charge in [-0.1, -0.05) is 19.1 Å². The highest BCUT2D eigenvalue weighted by Gasteiger charge is 2.13. The minimum absolute atomic E-state index is 0.0833. The van der Waals surface area contributed by atoms with E-state index in [4.69, 9.17) is 5.11 Å². The zero-order valence-corrected chi connectivity index (χ0v) is 5.17. The molecule has 0 aromatic carbocycles. The lowest BCUT2D eigenvalue weighted by atomic mass is 9.94. The molecule has 0 fully saturated rings. The van der Waals surface area contributed by atoms with Crippen LogP contribution in [0.3, 0.4) is 0 Å². The van der Waals surface area contributed by atoms with E-state index in [9.17, 15) is 0 Å². The molecule has 8 heavy (non-hydrogen) atoms. The third-order valence-corrected chi connectivity index (χ3v) is 1.71. The number of allylic oxidation sites excluding steroid dienone is 1. The maximum absolute atomic E-state index is 9.13. The van der Waals surface area contributed by atoms with Crippen LogP contribution in [0.5, 0.6) is 0 Å². The van der Waals surface area contributed by atoms with Crippen molar-refractivity contribution in [1.29, 1.82) is 0 Å². The first-order chi connectivity index (χ1) is 3.80. The molecule has 1 N–H and O–H groups in total. The third-order valence-electron chi connectivity index (χ3n) is 1.71. The van der Waals surface area contributed by atoms with E-state index in [-0.39, 0.29) is 6.10 Å². The summed E-state index contributed by atoms with van der Waals surface area (Å²) in [7, 11) is 0. The molecule has 0 aromatic heterocycles. The van der Waals surface area contributed by atoms with Crippen molar-refractivity contribution in [3.8, 4) is 0 Å². The Labute approximate surface area is 50.0 Å². The van der Waals surface area contributed by atoms with Crippen molar-refractivity contribution in [3.05, 3.63) is 12.2 Å². The molecule has 1 aliphatic rings. The van der Waals surface area contributed by atoms with Crippen LogP contribution < -0.4 is 0 Å². The van der Waals surface area contributed by atoms with E-state index in [2.05, 4.69) is 13.0 Å². The summed E-state index contributed by atoms with van der Waals surface area (Å²) in [6.45, 7) is 2.08. The van der Waals surface area contributed by atoms with Crippen molar-refractivity contribution in [2.24, 2.45) is 5.92 Å². The summed E-state index contributed by atoms with van der Waals surface area (Å²) in [5.74, 6) is 0.472. The van der Waals surface area contributed by atoms with Crippen LogP contribution in [0.25, 0.3) is 0 Å². The fourth-order valence-corrected chi connectivity index (χ4v) is 0.936. The van der Waals surface area contributed by atoms with Gasteiger partial charge in [-0.3, -0.25) is 0 Å². The molecule has 1 rings (SSSR count). The molecule has 2 atom stereocenters. The fourth-order valence-electron chi connectivity index (χ4n) is 0.936. The van der Waals surface area contributed by atoms with Gasteiger partial charge in [0.25, 0.3) is 0 Å². The molecule has 0 bridgehead atoms. The SMILES string of the molecule is CC1CC=CCC1O. The molecular weight excluding hydrogens is 100 g/mol. The standard InChI is InChI=1S/C7H12O/c1-6-4-2-3-5-7(6)8/h2-3,6-8H,4-5H2,1H3. The van der Waals surface area contributed by atoms with E-state index in [0.717, 1.165) is 12.8 Å². The quantitative estimate of drug-likeness (QED) is 0.469. The third kappa shape index (κ3) is 1.10. The molecule has 1 heteroatoms. The van der Waals surface area contributed by atoms with Gasteiger partial charge in [0.2, 0.25) is 0 Å². The molecule has 0 aliphatic heterocycles. The monoisotopic (exact) mass is 112 g/mol. The predicted octanol–water partition coefficient (Wildman–Crippen LogP) is 1.33. The van der Waals surface area contributed by atoms with E-state index in [0.29, 0.717) is 5.92 Å². The van der Waals surface area contributed by atoms with Crippen LogP contribution >= 0.6 is 0 Å². The maximum Gasteiger partial charge on any atom is 0.0603 e. The minimum atomic E-state index is -0.0833. The first-order valence-electron chi connectivity index (χ1n) is 3.14. The summed E-state index contributed by atoms with van der Waals surface area (Å²) in [6.07, 6.45) is 5.99. The molecule has 1 aliphatic carbocycles. The van der Waals surface area contributed by atoms with E-state index in [1.54, 1.807) is 0 Å². The Balaban J connectivity index is 2.44. The molecular formula is C7H12O. The lowest BCUT2D eigenvalue weighted by molar-refractivity contribution is 0.115. The van der Waals surface area contributed by atoms with Gasteiger partial charge in [-0.2, -0.15) is 0 Å². The number of rotatable bonds is 0. The lowest BCUT2D eigenvalue weighted by Gasteiger charge is -2.18. The second-order valence-electron chi connectivity index (χ2n) is 2.49. The average Bonchev–Trinajstić information content (AvgIpc) is 1.77. The van der Waals surface area contributed by atoms with E-state index < -0.39 is 0 Å². The van der Waals surface area contributed by atoms with Crippen LogP contribution in [-0.4, -0.2) is 11.2 Å². The molecule has 1 nitrogen and oxygen atoms in total. The molecule has 0 saturated heterocycles. The number of aliphatic hydroxyl groups is 1. The van der Waals surface area contributed by atoms with E-state index in [1.165, 1.54) is 0 Å². The highest BCUT2D eigenvalue weighted by Crippen LogP contribution is 2.17. The summed E-state index contributed by atoms with van der Waals surface area (Å²) in [4.78, 5) is 0. The highest BCUT2D eigenvalue weighted by atomic mass is 16.3. The highest BCUT2D eigenvalue weighted by molar-refractivity contribution is 4.92. The minimum Gasteiger partial charge on any atom is -0.393 e. The Bertz CT molecular complexity index is 84.6. The van der Waals surface area contributed by atoms with Gasteiger partial charge in [0.1, 0.15) is 0 Å². The Hall–Kier alpha value is -0.300. The Kier molecular flexibility index (Phi) is 1.69. The van der Waals surface area contributed by atoms with Crippen molar-refractivity contribution < 1.29 is 5.11 Å². The van der Waals surface area contributed by atoms with Crippen LogP contribution in [0.4, 0.5) is 0 Å². The molecule has 0 heterocycles. The van der Waals surface area contributed by atoms with E-state index in [1.807, 2.05) is 6.08 Å². The Morgan fingerprint density at radius 3 is 2.38 bits per heavy atom. The molecule has 0 amide bonds. The fraction of sp³-hybridized carbons (Fsp3) is 0.714. The van der Waals surface area contributed by atoms with Gasteiger partial charge in [-0.05, 0) is 18.8 Å². The molecule has 0 spiro atoms. The second kappa shape index (κ2) is 2.31. The van der Waals surface area contributed by atoms with Gasteiger partial charge in [-0.25, -0.2) is 0 Å². The smallest absolute Gasteiger partial charge is 0.0603 e. The molecule has 2 unspecified atom stereocenters. The number of hydrogen-bond acceptors (Lipinski definition) is 1. The first-order valence-corrected chi connectivity index (χ1v) is 3.14. The summed E-state index contributed by atoms with van der Waals surface area (Å²) in [6, 6.07) is 0. The molecule has 46 valence electrons. The van der Waals surface area contributed by atoms with Crippen molar-refractivity contribution in [2.75, 3.05) is 0 Å². The van der Waals surface area contributed by atoms with Crippen molar-refractivity contribution in [2.45, 2.75) is 25.9 Å². The summed E-state index contributed by atoms with van der Waals surface area (Å²) >= 11 is 0. The van der Waals surface area contributed by atoms with Crippen molar-refractivity contribution in [1.82, 2.24) is 0 Å². The largest absolute Gasteiger partial charge is 0.393 e. The second-order valence-corrected chi connectivity index (χ2v) is 2.49. The van der Waals surface area contributed by atoms with Crippen LogP contribution in [0.2, 0.25) is 0 Å². The Morgan fingerprint density at radius 1 is 1.38 bits per heavy atom. The molecule has 0 radical (unpaired) electrons. The number of hydrogen-bond donors (Lipinski definition) is 1. The van der Waals surface area contributed by atoms with Gasteiger partial charge in [0, 0.05) is 0 Å². The van der Waals surface area contributed by atoms with Crippen molar-refractivity contribution in [3.63, 3.8) is 0 Å². The topological polar surface area (TPSA) is 20.2 Å². The van der Waals surface area contributed by atoms with Crippen LogP contribution in [0.1, 0.15) is 19.8 Å². The average molecular weight is 112 g/mol. The molecule has 0 aromatic rings. The zero-order valence-electron chi connectivity index (χ0n) is 5.17. The predicted molar refractivity (Wildman–Crippen MR) is 33.5 cm³/mol. The van der Waals surface area contributed by atoms with Gasteiger partial charge in [0.05, 0.1) is 6.10 Å². The zero-order chi connectivity index (χ0) is 5.98. The summed E-state index contributed by atoms with van der Waals surface area (Å²) < 4.78 is 0. The maximum atomic E-state index is 9.13. The van der Waals surface area contributed by atoms with Crippen LogP contribution in [0.15, 0.2) is 12.2 Å². The van der Waals surface area contributed by atoms with Gasteiger partial charge in [-0.15, -0.1) is 0 Å². The normalized spacial score (nSPS) is 37.8. The van der Waals surface area contributed by atoms with Crippen molar-refractivity contribution >= 4 is 0 Å². The summed E-state index contributed by atoms with van der Waals surface area (Å²) in [5.41, 5.74) is 0. The van der Waals surface area contributed by atoms with Gasteiger partial charge >= 0.3 is 0 Å². The summed E-state index contributed by atoms with van der Waals surface area (Å²) in [5, 5.41) is 9.13.